The first-order chi connectivity index (χ1) is 11.6. The van der Waals surface area contributed by atoms with Crippen LogP contribution in [0.2, 0.25) is 0 Å². The van der Waals surface area contributed by atoms with Crippen LogP contribution in [0.15, 0.2) is 54.6 Å². The maximum absolute atomic E-state index is 11.5. The number of alkyl carbamates (subject to hydrolysis) is 1. The highest BCUT2D eigenvalue weighted by molar-refractivity contribution is 5.67. The molecule has 0 saturated carbocycles. The monoisotopic (exact) mass is 324 g/mol. The number of ether oxygens (including phenoxy) is 1. The van der Waals surface area contributed by atoms with Gasteiger partial charge in [0, 0.05) is 30.7 Å². The minimum Gasteiger partial charge on any atom is -0.445 e. The molecular formula is C18H16N2O4. The molecule has 0 bridgehead atoms. The number of nitrogens with zero attached hydrogens (tertiary/aromatic N) is 1. The molecule has 0 atom stereocenters. The van der Waals surface area contributed by atoms with Crippen molar-refractivity contribution in [1.29, 1.82) is 0 Å². The van der Waals surface area contributed by atoms with Crippen LogP contribution in [0.4, 0.5) is 10.5 Å². The van der Waals surface area contributed by atoms with E-state index in [1.165, 1.54) is 12.1 Å². The van der Waals surface area contributed by atoms with Crippen LogP contribution < -0.4 is 5.32 Å². The Balaban J connectivity index is 1.70. The van der Waals surface area contributed by atoms with Gasteiger partial charge < -0.3 is 10.1 Å². The van der Waals surface area contributed by atoms with Gasteiger partial charge in [0.1, 0.15) is 6.61 Å². The zero-order valence-electron chi connectivity index (χ0n) is 12.9. The predicted molar refractivity (Wildman–Crippen MR) is 89.2 cm³/mol. The van der Waals surface area contributed by atoms with Crippen molar-refractivity contribution in [1.82, 2.24) is 5.32 Å². The van der Waals surface area contributed by atoms with E-state index in [0.29, 0.717) is 18.5 Å². The number of nitro benzene ring substituents is 1. The third-order valence-corrected chi connectivity index (χ3v) is 3.02. The Labute approximate surface area is 139 Å². The summed E-state index contributed by atoms with van der Waals surface area (Å²) in [6.45, 7) is 0.557. The van der Waals surface area contributed by atoms with Crippen molar-refractivity contribution in [2.24, 2.45) is 0 Å². The van der Waals surface area contributed by atoms with E-state index in [9.17, 15) is 14.9 Å². The van der Waals surface area contributed by atoms with Crippen molar-refractivity contribution >= 4 is 11.8 Å². The van der Waals surface area contributed by atoms with Gasteiger partial charge in [-0.2, -0.15) is 0 Å². The molecule has 122 valence electrons. The molecule has 1 amide bonds. The molecule has 6 heteroatoms. The lowest BCUT2D eigenvalue weighted by molar-refractivity contribution is -0.384. The Bertz CT molecular complexity index is 763. The Kier molecular flexibility index (Phi) is 6.35. The number of hydrogen-bond acceptors (Lipinski definition) is 4. The highest BCUT2D eigenvalue weighted by Crippen LogP contribution is 2.11. The van der Waals surface area contributed by atoms with Crippen LogP contribution in [-0.2, 0) is 11.3 Å². The van der Waals surface area contributed by atoms with E-state index in [4.69, 9.17) is 4.74 Å². The molecule has 2 aromatic rings. The van der Waals surface area contributed by atoms with Gasteiger partial charge in [-0.05, 0) is 11.6 Å². The number of rotatable bonds is 5. The van der Waals surface area contributed by atoms with Crippen molar-refractivity contribution < 1.29 is 14.5 Å². The van der Waals surface area contributed by atoms with Gasteiger partial charge in [0.05, 0.1) is 4.92 Å². The van der Waals surface area contributed by atoms with E-state index < -0.39 is 11.0 Å². The van der Waals surface area contributed by atoms with Crippen molar-refractivity contribution in [3.8, 4) is 11.8 Å². The van der Waals surface area contributed by atoms with Crippen LogP contribution in [0.3, 0.4) is 0 Å². The SMILES string of the molecule is O=C(NCCC#Cc1cccc([N+](=O)[O-])c1)OCc1ccccc1. The zero-order valence-corrected chi connectivity index (χ0v) is 12.9. The summed E-state index contributed by atoms with van der Waals surface area (Å²) in [4.78, 5) is 21.7. The lowest BCUT2D eigenvalue weighted by atomic mass is 10.2. The standard InChI is InChI=1S/C18H16N2O4/c21-18(24-14-16-8-2-1-3-9-16)19-12-5-4-7-15-10-6-11-17(13-15)20(22)23/h1-3,6,8-11,13H,5,12,14H2,(H,19,21). The summed E-state index contributed by atoms with van der Waals surface area (Å²) in [5, 5.41) is 13.3. The van der Waals surface area contributed by atoms with Gasteiger partial charge in [-0.3, -0.25) is 10.1 Å². The van der Waals surface area contributed by atoms with Crippen LogP contribution in [0.5, 0.6) is 0 Å². The third kappa shape index (κ3) is 5.81. The second kappa shape index (κ2) is 8.96. The van der Waals surface area contributed by atoms with E-state index >= 15 is 0 Å². The topological polar surface area (TPSA) is 81.5 Å². The quantitative estimate of drug-likeness (QED) is 0.396. The lowest BCUT2D eigenvalue weighted by Crippen LogP contribution is -2.24. The number of carbonyl (C=O) groups is 1. The molecule has 0 fully saturated rings. The van der Waals surface area contributed by atoms with Gasteiger partial charge in [-0.1, -0.05) is 48.2 Å². The Hall–Kier alpha value is -3.33. The fraction of sp³-hybridized carbons (Fsp3) is 0.167. The number of hydrogen-bond donors (Lipinski definition) is 1. The summed E-state index contributed by atoms with van der Waals surface area (Å²) < 4.78 is 5.06. The summed E-state index contributed by atoms with van der Waals surface area (Å²) in [7, 11) is 0. The fourth-order valence-corrected chi connectivity index (χ4v) is 1.86. The minimum absolute atomic E-state index is 0.00409. The average Bonchev–Trinajstić information content (AvgIpc) is 2.61. The highest BCUT2D eigenvalue weighted by Gasteiger charge is 2.03. The van der Waals surface area contributed by atoms with E-state index in [2.05, 4.69) is 17.2 Å². The highest BCUT2D eigenvalue weighted by atomic mass is 16.6. The van der Waals surface area contributed by atoms with E-state index in [0.717, 1.165) is 5.56 Å². The van der Waals surface area contributed by atoms with Crippen molar-refractivity contribution in [2.45, 2.75) is 13.0 Å². The minimum atomic E-state index is -0.504. The largest absolute Gasteiger partial charge is 0.445 e. The van der Waals surface area contributed by atoms with Crippen LogP contribution in [0.25, 0.3) is 0 Å². The molecule has 0 aliphatic carbocycles. The molecule has 0 aliphatic heterocycles. The molecule has 2 aromatic carbocycles. The molecule has 0 aliphatic rings. The van der Waals surface area contributed by atoms with Crippen molar-refractivity contribution in [2.75, 3.05) is 6.54 Å². The molecule has 0 heterocycles. The smallest absolute Gasteiger partial charge is 0.407 e. The average molecular weight is 324 g/mol. The molecule has 1 N–H and O–H groups in total. The second-order valence-electron chi connectivity index (χ2n) is 4.85. The first-order valence-electron chi connectivity index (χ1n) is 7.33. The molecule has 0 aromatic heterocycles. The summed E-state index contributed by atoms with van der Waals surface area (Å²) in [6, 6.07) is 15.5. The van der Waals surface area contributed by atoms with Gasteiger partial charge in [0.2, 0.25) is 0 Å². The van der Waals surface area contributed by atoms with Crippen molar-refractivity contribution in [3.05, 3.63) is 75.8 Å². The first kappa shape index (κ1) is 17.0. The normalized spacial score (nSPS) is 9.50. The number of nitro groups is 1. The molecule has 0 saturated heterocycles. The maximum atomic E-state index is 11.5. The van der Waals surface area contributed by atoms with Crippen LogP contribution >= 0.6 is 0 Å². The fourth-order valence-electron chi connectivity index (χ4n) is 1.86. The maximum Gasteiger partial charge on any atom is 0.407 e. The van der Waals surface area contributed by atoms with Crippen LogP contribution in [0.1, 0.15) is 17.5 Å². The van der Waals surface area contributed by atoms with Gasteiger partial charge in [0.15, 0.2) is 0 Å². The Morgan fingerprint density at radius 2 is 1.96 bits per heavy atom. The van der Waals surface area contributed by atoms with Gasteiger partial charge >= 0.3 is 6.09 Å². The summed E-state index contributed by atoms with van der Waals surface area (Å²) in [5.41, 5.74) is 1.48. The Morgan fingerprint density at radius 3 is 2.71 bits per heavy atom. The van der Waals surface area contributed by atoms with Crippen molar-refractivity contribution in [3.63, 3.8) is 0 Å². The second-order valence-corrected chi connectivity index (χ2v) is 4.85. The Morgan fingerprint density at radius 1 is 1.17 bits per heavy atom. The predicted octanol–water partition coefficient (Wildman–Crippen LogP) is 3.26. The molecular weight excluding hydrogens is 308 g/mol. The third-order valence-electron chi connectivity index (χ3n) is 3.02. The molecule has 6 nitrogen and oxygen atoms in total. The summed E-state index contributed by atoms with van der Waals surface area (Å²) >= 11 is 0. The number of amides is 1. The summed E-state index contributed by atoms with van der Waals surface area (Å²) in [6.07, 6.45) is -0.0839. The molecule has 0 unspecified atom stereocenters. The number of nitrogens with one attached hydrogen (secondary N) is 1. The number of benzene rings is 2. The van der Waals surface area contributed by atoms with E-state index in [1.54, 1.807) is 12.1 Å². The number of non-ortho nitro benzene ring substituents is 1. The molecule has 2 rings (SSSR count). The summed E-state index contributed by atoms with van der Waals surface area (Å²) in [5.74, 6) is 5.68. The zero-order chi connectivity index (χ0) is 17.2. The lowest BCUT2D eigenvalue weighted by Gasteiger charge is -2.05. The first-order valence-corrected chi connectivity index (χ1v) is 7.33. The molecule has 0 spiro atoms. The molecule has 24 heavy (non-hydrogen) atoms. The van der Waals surface area contributed by atoms with Crippen LogP contribution in [0, 0.1) is 22.0 Å². The van der Waals surface area contributed by atoms with E-state index in [1.807, 2.05) is 30.3 Å². The van der Waals surface area contributed by atoms with Crippen LogP contribution in [-0.4, -0.2) is 17.6 Å². The van der Waals surface area contributed by atoms with Gasteiger partial charge in [-0.15, -0.1) is 0 Å². The number of carbonyl (C=O) groups excluding carboxylic acids is 1. The van der Waals surface area contributed by atoms with Gasteiger partial charge in [0.25, 0.3) is 5.69 Å². The van der Waals surface area contributed by atoms with Gasteiger partial charge in [-0.25, -0.2) is 4.79 Å². The van der Waals surface area contributed by atoms with E-state index in [-0.39, 0.29) is 12.3 Å². The molecule has 0 radical (unpaired) electrons.